The van der Waals surface area contributed by atoms with E-state index in [1.165, 1.54) is 0 Å². The van der Waals surface area contributed by atoms with Gasteiger partial charge < -0.3 is 15.2 Å². The molecule has 3 heterocycles. The Balaban J connectivity index is 1.95. The zero-order valence-electron chi connectivity index (χ0n) is 11.7. The molecule has 1 saturated heterocycles. The second kappa shape index (κ2) is 4.86. The molecule has 5 nitrogen and oxygen atoms in total. The quantitative estimate of drug-likeness (QED) is 0.725. The molecular formula is C15H16ClN5. The number of pyridine rings is 1. The summed E-state index contributed by atoms with van der Waals surface area (Å²) >= 11 is 6.11. The first kappa shape index (κ1) is 12.9. The van der Waals surface area contributed by atoms with E-state index in [1.54, 1.807) is 6.33 Å². The molecule has 0 aliphatic carbocycles. The van der Waals surface area contributed by atoms with E-state index in [4.69, 9.17) is 16.6 Å². The normalized spacial score (nSPS) is 19.5. The maximum Gasteiger partial charge on any atom is 0.155 e. The van der Waals surface area contributed by atoms with Gasteiger partial charge >= 0.3 is 0 Å². The molecular weight excluding hydrogens is 286 g/mol. The number of piperazine rings is 1. The van der Waals surface area contributed by atoms with E-state index in [2.05, 4.69) is 27.1 Å². The van der Waals surface area contributed by atoms with Gasteiger partial charge in [0.1, 0.15) is 11.0 Å². The molecule has 2 N–H and O–H groups in total. The molecule has 1 aliphatic rings. The molecule has 1 unspecified atom stereocenters. The van der Waals surface area contributed by atoms with Crippen LogP contribution < -0.4 is 10.2 Å². The van der Waals surface area contributed by atoms with Gasteiger partial charge in [-0.25, -0.2) is 9.97 Å². The van der Waals surface area contributed by atoms with E-state index < -0.39 is 0 Å². The number of hydrogen-bond donors (Lipinski definition) is 2. The van der Waals surface area contributed by atoms with Crippen LogP contribution in [0, 0.1) is 0 Å². The van der Waals surface area contributed by atoms with Crippen molar-refractivity contribution in [2.75, 3.05) is 24.5 Å². The third-order valence-corrected chi connectivity index (χ3v) is 4.21. The number of halogens is 1. The molecule has 108 valence electrons. The number of aromatic amines is 1. The van der Waals surface area contributed by atoms with E-state index in [-0.39, 0.29) is 0 Å². The predicted molar refractivity (Wildman–Crippen MR) is 86.1 cm³/mol. The summed E-state index contributed by atoms with van der Waals surface area (Å²) in [7, 11) is 0. The van der Waals surface area contributed by atoms with Crippen LogP contribution in [0.5, 0.6) is 0 Å². The molecule has 0 bridgehead atoms. The average molecular weight is 302 g/mol. The van der Waals surface area contributed by atoms with Crippen LogP contribution in [0.25, 0.3) is 21.9 Å². The molecule has 21 heavy (non-hydrogen) atoms. The number of anilines is 1. The Morgan fingerprint density at radius 2 is 2.29 bits per heavy atom. The number of nitrogens with zero attached hydrogens (tertiary/aromatic N) is 3. The monoisotopic (exact) mass is 301 g/mol. The molecule has 1 aliphatic heterocycles. The van der Waals surface area contributed by atoms with Crippen LogP contribution in [0.3, 0.4) is 0 Å². The summed E-state index contributed by atoms with van der Waals surface area (Å²) in [4.78, 5) is 14.9. The van der Waals surface area contributed by atoms with Crippen molar-refractivity contribution in [2.45, 2.75) is 13.0 Å². The van der Waals surface area contributed by atoms with Gasteiger partial charge in [-0.15, -0.1) is 0 Å². The van der Waals surface area contributed by atoms with Gasteiger partial charge in [-0.05, 0) is 25.1 Å². The Morgan fingerprint density at radius 3 is 3.14 bits per heavy atom. The lowest BCUT2D eigenvalue weighted by Gasteiger charge is -2.33. The van der Waals surface area contributed by atoms with Crippen LogP contribution in [0.15, 0.2) is 24.5 Å². The van der Waals surface area contributed by atoms with E-state index in [0.717, 1.165) is 47.4 Å². The molecule has 4 rings (SSSR count). The van der Waals surface area contributed by atoms with Crippen molar-refractivity contribution in [1.29, 1.82) is 0 Å². The molecule has 0 radical (unpaired) electrons. The van der Waals surface area contributed by atoms with Gasteiger partial charge in [-0.2, -0.15) is 0 Å². The van der Waals surface area contributed by atoms with E-state index in [1.807, 2.05) is 18.2 Å². The Bertz CT molecular complexity index is 812. The van der Waals surface area contributed by atoms with Gasteiger partial charge in [0, 0.05) is 36.1 Å². The fraction of sp³-hybridized carbons (Fsp3) is 0.333. The summed E-state index contributed by atoms with van der Waals surface area (Å²) in [6.07, 6.45) is 1.72. The molecule has 3 aromatic rings. The fourth-order valence-corrected chi connectivity index (χ4v) is 3.16. The molecule has 1 aromatic carbocycles. The van der Waals surface area contributed by atoms with Crippen LogP contribution in [-0.4, -0.2) is 40.6 Å². The summed E-state index contributed by atoms with van der Waals surface area (Å²) in [6.45, 7) is 5.05. The second-order valence-corrected chi connectivity index (χ2v) is 5.96. The highest BCUT2D eigenvalue weighted by molar-refractivity contribution is 6.31. The standard InChI is InChI=1S/C15H16ClN5/c1-9-7-21(5-4-17-9)15-14-13(18-8-19-14)11-6-10(16)2-3-12(11)20-15/h2-3,6,8-9,17H,4-5,7H2,1H3,(H,18,19). The number of H-pyrrole nitrogens is 1. The Morgan fingerprint density at radius 1 is 1.38 bits per heavy atom. The zero-order chi connectivity index (χ0) is 14.4. The number of nitrogens with one attached hydrogen (secondary N) is 2. The minimum Gasteiger partial charge on any atom is -0.352 e. The van der Waals surface area contributed by atoms with Crippen LogP contribution in [0.1, 0.15) is 6.92 Å². The minimum absolute atomic E-state index is 0.458. The molecule has 1 fully saturated rings. The third-order valence-electron chi connectivity index (χ3n) is 3.97. The van der Waals surface area contributed by atoms with Crippen LogP contribution in [0.4, 0.5) is 5.82 Å². The van der Waals surface area contributed by atoms with Gasteiger partial charge in [0.05, 0.1) is 11.8 Å². The molecule has 0 saturated carbocycles. The number of imidazole rings is 1. The Hall–Kier alpha value is -1.85. The van der Waals surface area contributed by atoms with Crippen LogP contribution in [-0.2, 0) is 0 Å². The van der Waals surface area contributed by atoms with Crippen molar-refractivity contribution in [1.82, 2.24) is 20.3 Å². The molecule has 1 atom stereocenters. The van der Waals surface area contributed by atoms with Crippen molar-refractivity contribution in [3.8, 4) is 0 Å². The molecule has 2 aromatic heterocycles. The Labute approximate surface area is 127 Å². The molecule has 6 heteroatoms. The number of rotatable bonds is 1. The summed E-state index contributed by atoms with van der Waals surface area (Å²) in [5, 5.41) is 5.15. The number of hydrogen-bond acceptors (Lipinski definition) is 4. The maximum absolute atomic E-state index is 6.11. The summed E-state index contributed by atoms with van der Waals surface area (Å²) in [5.41, 5.74) is 2.85. The predicted octanol–water partition coefficient (Wildman–Crippen LogP) is 2.56. The SMILES string of the molecule is CC1CN(c2nc3ccc(Cl)cc3c3nc[nH]c23)CCN1. The molecule has 0 amide bonds. The van der Waals surface area contributed by atoms with Crippen LogP contribution >= 0.6 is 11.6 Å². The lowest BCUT2D eigenvalue weighted by atomic mass is 10.1. The van der Waals surface area contributed by atoms with Crippen molar-refractivity contribution in [3.63, 3.8) is 0 Å². The van der Waals surface area contributed by atoms with E-state index in [9.17, 15) is 0 Å². The largest absolute Gasteiger partial charge is 0.352 e. The number of benzene rings is 1. The summed E-state index contributed by atoms with van der Waals surface area (Å²) < 4.78 is 0. The van der Waals surface area contributed by atoms with Gasteiger partial charge in [0.25, 0.3) is 0 Å². The van der Waals surface area contributed by atoms with Gasteiger partial charge in [0.15, 0.2) is 5.82 Å². The van der Waals surface area contributed by atoms with Crippen molar-refractivity contribution < 1.29 is 0 Å². The van der Waals surface area contributed by atoms with Gasteiger partial charge in [0.2, 0.25) is 0 Å². The number of aromatic nitrogens is 3. The fourth-order valence-electron chi connectivity index (χ4n) is 2.99. The summed E-state index contributed by atoms with van der Waals surface area (Å²) in [6, 6.07) is 6.22. The highest BCUT2D eigenvalue weighted by Gasteiger charge is 2.21. The smallest absolute Gasteiger partial charge is 0.155 e. The van der Waals surface area contributed by atoms with E-state index in [0.29, 0.717) is 11.1 Å². The van der Waals surface area contributed by atoms with Gasteiger partial charge in [-0.1, -0.05) is 11.6 Å². The first-order valence-corrected chi connectivity index (χ1v) is 7.51. The van der Waals surface area contributed by atoms with E-state index >= 15 is 0 Å². The Kier molecular flexibility index (Phi) is 2.97. The highest BCUT2D eigenvalue weighted by Crippen LogP contribution is 2.30. The topological polar surface area (TPSA) is 56.8 Å². The van der Waals surface area contributed by atoms with Gasteiger partial charge in [-0.3, -0.25) is 0 Å². The first-order chi connectivity index (χ1) is 10.2. The molecule has 0 spiro atoms. The van der Waals surface area contributed by atoms with Crippen LogP contribution in [0.2, 0.25) is 5.02 Å². The number of fused-ring (bicyclic) bond motifs is 3. The summed E-state index contributed by atoms with van der Waals surface area (Å²) in [5.74, 6) is 0.977. The second-order valence-electron chi connectivity index (χ2n) is 5.52. The third kappa shape index (κ3) is 2.13. The minimum atomic E-state index is 0.458. The van der Waals surface area contributed by atoms with Crippen molar-refractivity contribution in [3.05, 3.63) is 29.5 Å². The lowest BCUT2D eigenvalue weighted by Crippen LogP contribution is -2.49. The van der Waals surface area contributed by atoms with Crippen molar-refractivity contribution in [2.24, 2.45) is 0 Å². The van der Waals surface area contributed by atoms with Crippen molar-refractivity contribution >= 4 is 39.4 Å². The average Bonchev–Trinajstić information content (AvgIpc) is 2.96. The first-order valence-electron chi connectivity index (χ1n) is 7.13. The lowest BCUT2D eigenvalue weighted by molar-refractivity contribution is 0.483. The highest BCUT2D eigenvalue weighted by atomic mass is 35.5. The maximum atomic E-state index is 6.11. The zero-order valence-corrected chi connectivity index (χ0v) is 12.5.